The van der Waals surface area contributed by atoms with E-state index in [-0.39, 0.29) is 0 Å². The lowest BCUT2D eigenvalue weighted by Crippen LogP contribution is -2.08. The largest absolute Gasteiger partial charge is 0.330 e. The summed E-state index contributed by atoms with van der Waals surface area (Å²) >= 11 is 3.42. The van der Waals surface area contributed by atoms with Gasteiger partial charge in [0.15, 0.2) is 0 Å². The van der Waals surface area contributed by atoms with Crippen molar-refractivity contribution in [3.63, 3.8) is 0 Å². The van der Waals surface area contributed by atoms with Gasteiger partial charge >= 0.3 is 0 Å². The summed E-state index contributed by atoms with van der Waals surface area (Å²) < 4.78 is 1.12. The lowest BCUT2D eigenvalue weighted by Gasteiger charge is -2.07. The second-order valence-corrected chi connectivity index (χ2v) is 3.61. The zero-order valence-corrected chi connectivity index (χ0v) is 8.14. The van der Waals surface area contributed by atoms with E-state index in [0.717, 1.165) is 4.47 Å². The second-order valence-electron chi connectivity index (χ2n) is 2.69. The molecule has 0 heterocycles. The fourth-order valence-corrected chi connectivity index (χ4v) is 1.37. The van der Waals surface area contributed by atoms with Gasteiger partial charge in [0.2, 0.25) is 0 Å². The highest BCUT2D eigenvalue weighted by molar-refractivity contribution is 9.10. The van der Waals surface area contributed by atoms with Crippen molar-refractivity contribution >= 4 is 15.9 Å². The lowest BCUT2D eigenvalue weighted by atomic mass is 10.0. The molecule has 0 saturated heterocycles. The van der Waals surface area contributed by atoms with Crippen LogP contribution in [0.25, 0.3) is 0 Å². The molecule has 1 atom stereocenters. The van der Waals surface area contributed by atoms with Gasteiger partial charge < -0.3 is 5.73 Å². The van der Waals surface area contributed by atoms with Crippen molar-refractivity contribution < 1.29 is 0 Å². The van der Waals surface area contributed by atoms with E-state index in [1.807, 2.05) is 12.1 Å². The van der Waals surface area contributed by atoms with Gasteiger partial charge in [0.1, 0.15) is 0 Å². The lowest BCUT2D eigenvalue weighted by molar-refractivity contribution is 0.773. The third kappa shape index (κ3) is 2.31. The van der Waals surface area contributed by atoms with E-state index in [0.29, 0.717) is 12.5 Å². The Hall–Kier alpha value is -0.340. The molecule has 0 spiro atoms. The first-order chi connectivity index (χ1) is 5.24. The van der Waals surface area contributed by atoms with Gasteiger partial charge in [0.05, 0.1) is 0 Å². The first-order valence-corrected chi connectivity index (χ1v) is 4.49. The molecular weight excluding hydrogens is 202 g/mol. The van der Waals surface area contributed by atoms with Gasteiger partial charge in [0.25, 0.3) is 0 Å². The summed E-state index contributed by atoms with van der Waals surface area (Å²) in [5, 5.41) is 0. The Balaban J connectivity index is 2.86. The molecule has 2 N–H and O–H groups in total. The standard InChI is InChI=1S/C9H12BrN/c1-7(6-11)8-3-2-4-9(10)5-8/h2-5,7H,6,11H2,1H3/t7-/m0/s1. The Labute approximate surface area is 75.7 Å². The minimum Gasteiger partial charge on any atom is -0.330 e. The number of benzene rings is 1. The summed E-state index contributed by atoms with van der Waals surface area (Å²) in [7, 11) is 0. The number of nitrogens with two attached hydrogens (primary N) is 1. The predicted molar refractivity (Wildman–Crippen MR) is 51.6 cm³/mol. The Bertz CT molecular complexity index is 235. The Kier molecular flexibility index (Phi) is 3.09. The van der Waals surface area contributed by atoms with Crippen molar-refractivity contribution in [2.45, 2.75) is 12.8 Å². The van der Waals surface area contributed by atoms with Crippen LogP contribution < -0.4 is 5.73 Å². The van der Waals surface area contributed by atoms with Crippen molar-refractivity contribution in [3.8, 4) is 0 Å². The molecule has 0 radical (unpaired) electrons. The van der Waals surface area contributed by atoms with E-state index in [4.69, 9.17) is 5.73 Å². The van der Waals surface area contributed by atoms with Crippen LogP contribution in [0.15, 0.2) is 28.7 Å². The molecule has 0 aliphatic carbocycles. The summed E-state index contributed by atoms with van der Waals surface area (Å²) in [6.07, 6.45) is 0. The molecule has 0 bridgehead atoms. The maximum absolute atomic E-state index is 5.54. The molecule has 0 aliphatic heterocycles. The molecule has 0 unspecified atom stereocenters. The van der Waals surface area contributed by atoms with E-state index < -0.39 is 0 Å². The van der Waals surface area contributed by atoms with Crippen LogP contribution in [0, 0.1) is 0 Å². The first kappa shape index (κ1) is 8.75. The monoisotopic (exact) mass is 213 g/mol. The third-order valence-electron chi connectivity index (χ3n) is 1.77. The predicted octanol–water partition coefficient (Wildman–Crippen LogP) is 2.51. The molecule has 60 valence electrons. The van der Waals surface area contributed by atoms with E-state index in [1.165, 1.54) is 5.56 Å². The maximum Gasteiger partial charge on any atom is 0.0178 e. The highest BCUT2D eigenvalue weighted by Crippen LogP contribution is 2.18. The van der Waals surface area contributed by atoms with Crippen molar-refractivity contribution in [1.82, 2.24) is 0 Å². The Morgan fingerprint density at radius 1 is 1.55 bits per heavy atom. The van der Waals surface area contributed by atoms with E-state index in [1.54, 1.807) is 0 Å². The highest BCUT2D eigenvalue weighted by Gasteiger charge is 2.01. The maximum atomic E-state index is 5.54. The fourth-order valence-electron chi connectivity index (χ4n) is 0.949. The molecular formula is C9H12BrN. The second kappa shape index (κ2) is 3.88. The normalized spacial score (nSPS) is 13.0. The van der Waals surface area contributed by atoms with Crippen LogP contribution in [-0.4, -0.2) is 6.54 Å². The number of rotatable bonds is 2. The molecule has 1 rings (SSSR count). The van der Waals surface area contributed by atoms with Crippen molar-refractivity contribution in [1.29, 1.82) is 0 Å². The Morgan fingerprint density at radius 2 is 2.27 bits per heavy atom. The van der Waals surface area contributed by atoms with E-state index in [9.17, 15) is 0 Å². The quantitative estimate of drug-likeness (QED) is 0.804. The average molecular weight is 214 g/mol. The SMILES string of the molecule is C[C@@H](CN)c1cccc(Br)c1. The summed E-state index contributed by atoms with van der Waals surface area (Å²) in [5.74, 6) is 0.451. The van der Waals surface area contributed by atoms with E-state index >= 15 is 0 Å². The van der Waals surface area contributed by atoms with Crippen LogP contribution in [-0.2, 0) is 0 Å². The summed E-state index contributed by atoms with van der Waals surface area (Å²) in [6.45, 7) is 2.83. The smallest absolute Gasteiger partial charge is 0.0178 e. The molecule has 1 aromatic rings. The number of hydrogen-bond acceptors (Lipinski definition) is 1. The molecule has 0 aromatic heterocycles. The summed E-state index contributed by atoms with van der Waals surface area (Å²) in [6, 6.07) is 8.26. The molecule has 0 saturated carbocycles. The van der Waals surface area contributed by atoms with Crippen LogP contribution in [0.1, 0.15) is 18.4 Å². The average Bonchev–Trinajstić information content (AvgIpc) is 2.03. The fraction of sp³-hybridized carbons (Fsp3) is 0.333. The molecule has 11 heavy (non-hydrogen) atoms. The third-order valence-corrected chi connectivity index (χ3v) is 2.26. The van der Waals surface area contributed by atoms with Gasteiger partial charge in [-0.05, 0) is 30.2 Å². The summed E-state index contributed by atoms with van der Waals surface area (Å²) in [5.41, 5.74) is 6.83. The number of halogens is 1. The first-order valence-electron chi connectivity index (χ1n) is 3.69. The van der Waals surface area contributed by atoms with Crippen molar-refractivity contribution in [3.05, 3.63) is 34.3 Å². The molecule has 2 heteroatoms. The zero-order valence-electron chi connectivity index (χ0n) is 6.55. The zero-order chi connectivity index (χ0) is 8.27. The minimum atomic E-state index is 0.451. The van der Waals surface area contributed by atoms with Gasteiger partial charge in [0, 0.05) is 4.47 Å². The highest BCUT2D eigenvalue weighted by atomic mass is 79.9. The molecule has 0 amide bonds. The van der Waals surface area contributed by atoms with E-state index in [2.05, 4.69) is 35.0 Å². The van der Waals surface area contributed by atoms with Crippen LogP contribution >= 0.6 is 15.9 Å². The van der Waals surface area contributed by atoms with Gasteiger partial charge in [-0.1, -0.05) is 35.0 Å². The van der Waals surface area contributed by atoms with Gasteiger partial charge in [-0.3, -0.25) is 0 Å². The Morgan fingerprint density at radius 3 is 2.82 bits per heavy atom. The molecule has 0 fully saturated rings. The molecule has 0 aliphatic rings. The van der Waals surface area contributed by atoms with Gasteiger partial charge in [-0.2, -0.15) is 0 Å². The van der Waals surface area contributed by atoms with Crippen molar-refractivity contribution in [2.24, 2.45) is 5.73 Å². The van der Waals surface area contributed by atoms with Gasteiger partial charge in [-0.15, -0.1) is 0 Å². The van der Waals surface area contributed by atoms with Crippen LogP contribution in [0.3, 0.4) is 0 Å². The molecule has 1 nitrogen and oxygen atoms in total. The van der Waals surface area contributed by atoms with Gasteiger partial charge in [-0.25, -0.2) is 0 Å². The minimum absolute atomic E-state index is 0.451. The summed E-state index contributed by atoms with van der Waals surface area (Å²) in [4.78, 5) is 0. The number of hydrogen-bond donors (Lipinski definition) is 1. The van der Waals surface area contributed by atoms with Crippen LogP contribution in [0.2, 0.25) is 0 Å². The van der Waals surface area contributed by atoms with Crippen molar-refractivity contribution in [2.75, 3.05) is 6.54 Å². The topological polar surface area (TPSA) is 26.0 Å². The van der Waals surface area contributed by atoms with Crippen LogP contribution in [0.4, 0.5) is 0 Å². The molecule has 1 aromatic carbocycles. The van der Waals surface area contributed by atoms with Crippen LogP contribution in [0.5, 0.6) is 0 Å².